The minimum atomic E-state index is 0.434. The summed E-state index contributed by atoms with van der Waals surface area (Å²) in [6.45, 7) is 2.99. The molecule has 0 saturated carbocycles. The molecule has 21 heavy (non-hydrogen) atoms. The van der Waals surface area contributed by atoms with E-state index in [0.29, 0.717) is 6.04 Å². The molecule has 0 spiro atoms. The third kappa shape index (κ3) is 3.70. The summed E-state index contributed by atoms with van der Waals surface area (Å²) in [6, 6.07) is 16.8. The molecule has 108 valence electrons. The summed E-state index contributed by atoms with van der Waals surface area (Å²) in [5, 5.41) is 4.71. The van der Waals surface area contributed by atoms with Crippen LogP contribution in [0.15, 0.2) is 59.2 Å². The average Bonchev–Trinajstić information content (AvgIpc) is 3.04. The van der Waals surface area contributed by atoms with Crippen LogP contribution in [0.25, 0.3) is 10.9 Å². The molecule has 0 bridgehead atoms. The Morgan fingerprint density at radius 2 is 2.00 bits per heavy atom. The topological polar surface area (TPSA) is 38.1 Å². The highest BCUT2D eigenvalue weighted by atomic mass is 16.3. The highest BCUT2D eigenvalue weighted by Crippen LogP contribution is 2.12. The van der Waals surface area contributed by atoms with Crippen molar-refractivity contribution in [3.63, 3.8) is 0 Å². The van der Waals surface area contributed by atoms with Crippen LogP contribution in [0.2, 0.25) is 0 Å². The van der Waals surface area contributed by atoms with Crippen molar-refractivity contribution in [3.05, 3.63) is 66.2 Å². The molecule has 0 saturated heterocycles. The van der Waals surface area contributed by atoms with Crippen LogP contribution in [0.3, 0.4) is 0 Å². The molecule has 0 aliphatic heterocycles. The van der Waals surface area contributed by atoms with Crippen molar-refractivity contribution in [2.45, 2.75) is 32.4 Å². The average molecular weight is 280 g/mol. The molecular weight excluding hydrogens is 260 g/mol. The second-order valence-corrected chi connectivity index (χ2v) is 5.40. The molecule has 3 heteroatoms. The lowest BCUT2D eigenvalue weighted by Crippen LogP contribution is -2.26. The number of aromatic nitrogens is 1. The van der Waals surface area contributed by atoms with Crippen LogP contribution in [-0.4, -0.2) is 11.0 Å². The molecule has 1 N–H and O–H groups in total. The Balaban J connectivity index is 1.53. The number of para-hydroxylation sites is 1. The summed E-state index contributed by atoms with van der Waals surface area (Å²) in [5.41, 5.74) is 2.14. The molecule has 2 heterocycles. The summed E-state index contributed by atoms with van der Waals surface area (Å²) in [4.78, 5) is 4.68. The van der Waals surface area contributed by atoms with E-state index in [9.17, 15) is 0 Å². The lowest BCUT2D eigenvalue weighted by Gasteiger charge is -2.13. The number of nitrogens with zero attached hydrogens (tertiary/aromatic N) is 1. The normalized spacial score (nSPS) is 12.6. The number of hydrogen-bond donors (Lipinski definition) is 1. The van der Waals surface area contributed by atoms with Crippen molar-refractivity contribution in [3.8, 4) is 0 Å². The first-order valence-corrected chi connectivity index (χ1v) is 7.42. The minimum absolute atomic E-state index is 0.434. The van der Waals surface area contributed by atoms with Gasteiger partial charge in [0.25, 0.3) is 0 Å². The van der Waals surface area contributed by atoms with E-state index in [-0.39, 0.29) is 0 Å². The molecule has 2 aromatic heterocycles. The summed E-state index contributed by atoms with van der Waals surface area (Å²) < 4.78 is 5.35. The molecule has 0 radical (unpaired) electrons. The monoisotopic (exact) mass is 280 g/mol. The van der Waals surface area contributed by atoms with Gasteiger partial charge in [-0.2, -0.15) is 0 Å². The van der Waals surface area contributed by atoms with Gasteiger partial charge < -0.3 is 9.73 Å². The third-order valence-corrected chi connectivity index (χ3v) is 3.69. The lowest BCUT2D eigenvalue weighted by molar-refractivity contribution is 0.458. The Morgan fingerprint density at radius 1 is 1.10 bits per heavy atom. The maximum atomic E-state index is 5.35. The number of furan rings is 1. The van der Waals surface area contributed by atoms with E-state index in [2.05, 4.69) is 41.5 Å². The van der Waals surface area contributed by atoms with Crippen LogP contribution in [0.1, 0.15) is 24.8 Å². The maximum absolute atomic E-state index is 5.35. The van der Waals surface area contributed by atoms with Crippen molar-refractivity contribution < 1.29 is 4.42 Å². The first-order valence-electron chi connectivity index (χ1n) is 7.42. The van der Waals surface area contributed by atoms with E-state index in [1.807, 2.05) is 24.3 Å². The fraction of sp³-hybridized carbons (Fsp3) is 0.278. The fourth-order valence-electron chi connectivity index (χ4n) is 2.40. The molecule has 0 fully saturated rings. The minimum Gasteiger partial charge on any atom is -0.469 e. The quantitative estimate of drug-likeness (QED) is 0.743. The Bertz CT molecular complexity index is 691. The van der Waals surface area contributed by atoms with Gasteiger partial charge >= 0.3 is 0 Å². The molecule has 1 unspecified atom stereocenters. The number of rotatable bonds is 6. The van der Waals surface area contributed by atoms with Crippen LogP contribution >= 0.6 is 0 Å². The van der Waals surface area contributed by atoms with Gasteiger partial charge in [0.1, 0.15) is 5.76 Å². The predicted molar refractivity (Wildman–Crippen MR) is 85.1 cm³/mol. The molecule has 3 nitrogen and oxygen atoms in total. The molecule has 3 rings (SSSR count). The Labute approximate surface area is 125 Å². The third-order valence-electron chi connectivity index (χ3n) is 3.69. The second kappa shape index (κ2) is 6.55. The predicted octanol–water partition coefficient (Wildman–Crippen LogP) is 3.94. The number of nitrogens with one attached hydrogen (secondary N) is 1. The largest absolute Gasteiger partial charge is 0.469 e. The molecule has 3 aromatic rings. The van der Waals surface area contributed by atoms with Gasteiger partial charge in [-0.15, -0.1) is 0 Å². The van der Waals surface area contributed by atoms with Crippen molar-refractivity contribution >= 4 is 10.9 Å². The lowest BCUT2D eigenvalue weighted by atomic mass is 10.1. The van der Waals surface area contributed by atoms with Crippen molar-refractivity contribution in [1.82, 2.24) is 10.3 Å². The molecular formula is C18H20N2O. The van der Waals surface area contributed by atoms with E-state index < -0.39 is 0 Å². The summed E-state index contributed by atoms with van der Waals surface area (Å²) >= 11 is 0. The zero-order valence-corrected chi connectivity index (χ0v) is 12.3. The highest BCUT2D eigenvalue weighted by Gasteiger charge is 2.05. The van der Waals surface area contributed by atoms with Crippen molar-refractivity contribution in [2.24, 2.45) is 0 Å². The molecule has 0 aliphatic carbocycles. The number of benzene rings is 1. The van der Waals surface area contributed by atoms with Gasteiger partial charge in [0.05, 0.1) is 17.5 Å². The van der Waals surface area contributed by atoms with Crippen LogP contribution in [-0.2, 0) is 13.0 Å². The molecule has 0 aliphatic rings. The zero-order valence-electron chi connectivity index (χ0n) is 12.3. The molecule has 1 atom stereocenters. The smallest absolute Gasteiger partial charge is 0.103 e. The van der Waals surface area contributed by atoms with Crippen LogP contribution in [0, 0.1) is 0 Å². The number of fused-ring (bicyclic) bond motifs is 1. The first kappa shape index (κ1) is 13.8. The first-order chi connectivity index (χ1) is 10.3. The zero-order chi connectivity index (χ0) is 14.5. The standard InChI is InChI=1S/C18H20N2O/c1-14(8-11-17-6-4-12-21-17)19-13-16-10-9-15-5-2-3-7-18(15)20-16/h2-7,9-10,12,14,19H,8,11,13H2,1H3. The second-order valence-electron chi connectivity index (χ2n) is 5.40. The van der Waals surface area contributed by atoms with Crippen molar-refractivity contribution in [1.29, 1.82) is 0 Å². The van der Waals surface area contributed by atoms with Gasteiger partial charge in [-0.05, 0) is 37.6 Å². The summed E-state index contributed by atoms with van der Waals surface area (Å²) in [6.07, 6.45) is 3.75. The van der Waals surface area contributed by atoms with Gasteiger partial charge in [0.15, 0.2) is 0 Å². The van der Waals surface area contributed by atoms with Gasteiger partial charge in [-0.3, -0.25) is 4.98 Å². The van der Waals surface area contributed by atoms with Gasteiger partial charge in [0, 0.05) is 24.4 Å². The Kier molecular flexibility index (Phi) is 4.31. The SMILES string of the molecule is CC(CCc1ccco1)NCc1ccc2ccccc2n1. The van der Waals surface area contributed by atoms with E-state index in [4.69, 9.17) is 4.42 Å². The summed E-state index contributed by atoms with van der Waals surface area (Å²) in [7, 11) is 0. The van der Waals surface area contributed by atoms with E-state index in [1.54, 1.807) is 6.26 Å². The highest BCUT2D eigenvalue weighted by molar-refractivity contribution is 5.78. The maximum Gasteiger partial charge on any atom is 0.103 e. The number of hydrogen-bond acceptors (Lipinski definition) is 3. The molecule has 0 amide bonds. The number of pyridine rings is 1. The molecule has 1 aromatic carbocycles. The van der Waals surface area contributed by atoms with E-state index in [1.165, 1.54) is 5.39 Å². The Hall–Kier alpha value is -2.13. The van der Waals surface area contributed by atoms with Crippen LogP contribution in [0.4, 0.5) is 0 Å². The van der Waals surface area contributed by atoms with E-state index in [0.717, 1.165) is 36.4 Å². The van der Waals surface area contributed by atoms with Crippen LogP contribution in [0.5, 0.6) is 0 Å². The number of aryl methyl sites for hydroxylation is 1. The van der Waals surface area contributed by atoms with E-state index >= 15 is 0 Å². The summed E-state index contributed by atoms with van der Waals surface area (Å²) in [5.74, 6) is 1.05. The van der Waals surface area contributed by atoms with Crippen LogP contribution < -0.4 is 5.32 Å². The van der Waals surface area contributed by atoms with Gasteiger partial charge in [-0.25, -0.2) is 0 Å². The Morgan fingerprint density at radius 3 is 2.86 bits per heavy atom. The fourth-order valence-corrected chi connectivity index (χ4v) is 2.40. The van der Waals surface area contributed by atoms with Crippen molar-refractivity contribution in [2.75, 3.05) is 0 Å². The van der Waals surface area contributed by atoms with Gasteiger partial charge in [0.2, 0.25) is 0 Å². The van der Waals surface area contributed by atoms with Gasteiger partial charge in [-0.1, -0.05) is 24.3 Å².